The first-order chi connectivity index (χ1) is 28.7. The minimum Gasteiger partial charge on any atom is -0.450 e. The molecule has 0 fully saturated rings. The Morgan fingerprint density at radius 1 is 0.293 bits per heavy atom. The summed E-state index contributed by atoms with van der Waals surface area (Å²) in [6.07, 6.45) is 0. The maximum Gasteiger partial charge on any atom is 0.170 e. The molecule has 9 aromatic rings. The summed E-state index contributed by atoms with van der Waals surface area (Å²) in [7, 11) is 0. The van der Waals surface area contributed by atoms with Gasteiger partial charge in [-0.2, -0.15) is 0 Å². The van der Waals surface area contributed by atoms with Gasteiger partial charge in [0.05, 0.1) is 5.41 Å². The molecular weight excluding hydrogens is 707 g/mol. The molecule has 9 aromatic carbocycles. The minimum atomic E-state index is -0.504. The number of hydrogen-bond acceptors (Lipinski definition) is 3. The molecular formula is C55H37NO2. The molecule has 1 aliphatic carbocycles. The minimum absolute atomic E-state index is 0.504. The van der Waals surface area contributed by atoms with Crippen molar-refractivity contribution in [2.45, 2.75) is 5.41 Å². The van der Waals surface area contributed by atoms with Gasteiger partial charge in [0.15, 0.2) is 23.0 Å². The molecule has 2 aliphatic rings. The highest BCUT2D eigenvalue weighted by atomic mass is 16.6. The van der Waals surface area contributed by atoms with Crippen LogP contribution in [0.5, 0.6) is 23.0 Å². The third kappa shape index (κ3) is 5.51. The molecule has 0 bridgehead atoms. The number of hydrogen-bond donors (Lipinski definition) is 0. The van der Waals surface area contributed by atoms with Gasteiger partial charge in [-0.25, -0.2) is 0 Å². The Labute approximate surface area is 338 Å². The van der Waals surface area contributed by atoms with Crippen LogP contribution in [0.4, 0.5) is 17.1 Å². The zero-order valence-corrected chi connectivity index (χ0v) is 31.6. The zero-order chi connectivity index (χ0) is 38.5. The summed E-state index contributed by atoms with van der Waals surface area (Å²) >= 11 is 0. The highest BCUT2D eigenvalue weighted by molar-refractivity contribution is 5.90. The summed E-state index contributed by atoms with van der Waals surface area (Å²) in [6, 6.07) is 80.1. The predicted molar refractivity (Wildman–Crippen MR) is 236 cm³/mol. The third-order valence-corrected chi connectivity index (χ3v) is 11.6. The second-order valence-electron chi connectivity index (χ2n) is 14.9. The normalized spacial score (nSPS) is 12.9. The lowest BCUT2D eigenvalue weighted by atomic mass is 9.67. The van der Waals surface area contributed by atoms with Gasteiger partial charge in [-0.3, -0.25) is 0 Å². The number of ether oxygens (including phenoxy) is 2. The molecule has 1 heterocycles. The van der Waals surface area contributed by atoms with E-state index >= 15 is 0 Å². The summed E-state index contributed by atoms with van der Waals surface area (Å²) in [5.41, 5.74) is 14.8. The lowest BCUT2D eigenvalue weighted by Gasteiger charge is -2.35. The summed E-state index contributed by atoms with van der Waals surface area (Å²) in [6.45, 7) is 0. The van der Waals surface area contributed by atoms with E-state index in [1.165, 1.54) is 44.5 Å². The molecule has 58 heavy (non-hydrogen) atoms. The molecule has 11 rings (SSSR count). The van der Waals surface area contributed by atoms with Gasteiger partial charge in [0.1, 0.15) is 0 Å². The Kier molecular flexibility index (Phi) is 8.04. The van der Waals surface area contributed by atoms with Crippen molar-refractivity contribution in [2.75, 3.05) is 4.90 Å². The van der Waals surface area contributed by atoms with Gasteiger partial charge in [0.2, 0.25) is 0 Å². The van der Waals surface area contributed by atoms with Crippen LogP contribution in [0.15, 0.2) is 224 Å². The van der Waals surface area contributed by atoms with Crippen LogP contribution in [0.3, 0.4) is 0 Å². The van der Waals surface area contributed by atoms with Crippen molar-refractivity contribution in [3.8, 4) is 56.4 Å². The molecule has 0 N–H and O–H groups in total. The Hall–Kier alpha value is -7.62. The molecule has 274 valence electrons. The fourth-order valence-electron chi connectivity index (χ4n) is 8.96. The number of fused-ring (bicyclic) bond motifs is 5. The summed E-state index contributed by atoms with van der Waals surface area (Å²) in [5, 5.41) is 0. The third-order valence-electron chi connectivity index (χ3n) is 11.6. The van der Waals surface area contributed by atoms with E-state index < -0.39 is 5.41 Å². The van der Waals surface area contributed by atoms with Gasteiger partial charge in [-0.1, -0.05) is 164 Å². The highest BCUT2D eigenvalue weighted by Crippen LogP contribution is 2.57. The second-order valence-corrected chi connectivity index (χ2v) is 14.9. The van der Waals surface area contributed by atoms with Crippen LogP contribution in [0, 0.1) is 0 Å². The van der Waals surface area contributed by atoms with Crippen LogP contribution in [-0.4, -0.2) is 0 Å². The van der Waals surface area contributed by atoms with Gasteiger partial charge in [0.25, 0.3) is 0 Å². The second kappa shape index (κ2) is 13.8. The molecule has 0 saturated heterocycles. The van der Waals surface area contributed by atoms with E-state index in [1.807, 2.05) is 30.3 Å². The van der Waals surface area contributed by atoms with Crippen LogP contribution in [0.2, 0.25) is 0 Å². The van der Waals surface area contributed by atoms with Crippen molar-refractivity contribution in [1.29, 1.82) is 0 Å². The van der Waals surface area contributed by atoms with Crippen LogP contribution in [0.1, 0.15) is 22.3 Å². The van der Waals surface area contributed by atoms with Crippen LogP contribution in [-0.2, 0) is 5.41 Å². The van der Waals surface area contributed by atoms with Gasteiger partial charge in [-0.05, 0) is 116 Å². The highest BCUT2D eigenvalue weighted by Gasteiger charge is 2.46. The fraction of sp³-hybridized carbons (Fsp3) is 0.0182. The zero-order valence-electron chi connectivity index (χ0n) is 31.6. The average molecular weight is 744 g/mol. The van der Waals surface area contributed by atoms with Gasteiger partial charge < -0.3 is 14.4 Å². The molecule has 0 amide bonds. The molecule has 0 radical (unpaired) electrons. The number of nitrogens with zero attached hydrogens (tertiary/aromatic N) is 1. The Morgan fingerprint density at radius 2 is 0.741 bits per heavy atom. The quantitative estimate of drug-likeness (QED) is 0.162. The monoisotopic (exact) mass is 743 g/mol. The first kappa shape index (κ1) is 33.7. The number of rotatable bonds is 7. The van der Waals surface area contributed by atoms with Crippen molar-refractivity contribution < 1.29 is 9.47 Å². The van der Waals surface area contributed by atoms with Crippen LogP contribution < -0.4 is 14.4 Å². The number of para-hydroxylation sites is 2. The molecule has 0 unspecified atom stereocenters. The number of benzene rings is 9. The molecule has 1 aliphatic heterocycles. The smallest absolute Gasteiger partial charge is 0.170 e. The van der Waals surface area contributed by atoms with Crippen molar-refractivity contribution in [1.82, 2.24) is 0 Å². The Balaban J connectivity index is 1.05. The standard InChI is InChI=1S/C55H37NO2/c1-4-14-38(15-5-1)39-24-29-44(30-25-39)56(45-31-26-40(27-32-45)41-28-35-53-54(36-41)58-52-23-13-12-22-51(52)57-53)46-33-34-48-47-20-10-11-21-49(47)55(50(48)37-46,42-16-6-2-7-17-42)43-18-8-3-9-19-43/h1-37H. The van der Waals surface area contributed by atoms with Crippen molar-refractivity contribution in [3.05, 3.63) is 247 Å². The first-order valence-corrected chi connectivity index (χ1v) is 19.7. The van der Waals surface area contributed by atoms with Gasteiger partial charge in [-0.15, -0.1) is 0 Å². The Morgan fingerprint density at radius 3 is 1.38 bits per heavy atom. The van der Waals surface area contributed by atoms with E-state index in [1.54, 1.807) is 0 Å². The molecule has 0 atom stereocenters. The lowest BCUT2D eigenvalue weighted by molar-refractivity contribution is 0.360. The largest absolute Gasteiger partial charge is 0.450 e. The topological polar surface area (TPSA) is 21.7 Å². The van der Waals surface area contributed by atoms with E-state index in [0.717, 1.165) is 39.7 Å². The molecule has 3 nitrogen and oxygen atoms in total. The van der Waals surface area contributed by atoms with E-state index in [4.69, 9.17) is 9.47 Å². The van der Waals surface area contributed by atoms with E-state index in [0.29, 0.717) is 11.5 Å². The van der Waals surface area contributed by atoms with E-state index in [-0.39, 0.29) is 0 Å². The van der Waals surface area contributed by atoms with E-state index in [9.17, 15) is 0 Å². The van der Waals surface area contributed by atoms with Crippen LogP contribution >= 0.6 is 0 Å². The summed E-state index contributed by atoms with van der Waals surface area (Å²) in [4.78, 5) is 2.38. The van der Waals surface area contributed by atoms with Gasteiger partial charge in [0, 0.05) is 17.1 Å². The molecule has 0 spiro atoms. The molecule has 0 saturated carbocycles. The fourth-order valence-corrected chi connectivity index (χ4v) is 8.96. The number of anilines is 3. The maximum atomic E-state index is 6.27. The van der Waals surface area contributed by atoms with Crippen molar-refractivity contribution in [3.63, 3.8) is 0 Å². The summed E-state index contributed by atoms with van der Waals surface area (Å²) < 4.78 is 12.4. The first-order valence-electron chi connectivity index (χ1n) is 19.7. The molecule has 0 aromatic heterocycles. The van der Waals surface area contributed by atoms with Gasteiger partial charge >= 0.3 is 0 Å². The SMILES string of the molecule is c1ccc(-c2ccc(N(c3ccc(-c4ccc5c(c4)Oc4ccccc4O5)cc3)c3ccc4c(c3)C(c3ccccc3)(c3ccccc3)c3ccccc3-4)cc2)cc1. The molecule has 3 heteroatoms. The Bertz CT molecular complexity index is 2880. The lowest BCUT2D eigenvalue weighted by Crippen LogP contribution is -2.28. The maximum absolute atomic E-state index is 6.27. The van der Waals surface area contributed by atoms with Crippen molar-refractivity contribution in [2.24, 2.45) is 0 Å². The van der Waals surface area contributed by atoms with Crippen molar-refractivity contribution >= 4 is 17.1 Å². The average Bonchev–Trinajstić information content (AvgIpc) is 3.60. The summed E-state index contributed by atoms with van der Waals surface area (Å²) in [5.74, 6) is 2.87. The predicted octanol–water partition coefficient (Wildman–Crippen LogP) is 14.8. The van der Waals surface area contributed by atoms with E-state index in [2.05, 4.69) is 199 Å². The van der Waals surface area contributed by atoms with Crippen LogP contribution in [0.25, 0.3) is 33.4 Å².